The van der Waals surface area contributed by atoms with Crippen LogP contribution in [0.5, 0.6) is 0 Å². The van der Waals surface area contributed by atoms with Crippen molar-refractivity contribution in [1.82, 2.24) is 5.43 Å². The summed E-state index contributed by atoms with van der Waals surface area (Å²) in [6.07, 6.45) is 6.68. The summed E-state index contributed by atoms with van der Waals surface area (Å²) in [6.45, 7) is 2.80. The first-order valence-electron chi connectivity index (χ1n) is 7.08. The zero-order chi connectivity index (χ0) is 13.7. The molecule has 1 aromatic rings. The molecule has 108 valence electrons. The van der Waals surface area contributed by atoms with E-state index in [-0.39, 0.29) is 12.1 Å². The second-order valence-electron chi connectivity index (χ2n) is 5.10. The van der Waals surface area contributed by atoms with Gasteiger partial charge in [0, 0.05) is 16.0 Å². The summed E-state index contributed by atoms with van der Waals surface area (Å²) < 4.78 is 7.18. The summed E-state index contributed by atoms with van der Waals surface area (Å²) in [5, 5.41) is 2.09. The molecule has 2 unspecified atom stereocenters. The van der Waals surface area contributed by atoms with E-state index in [1.807, 2.05) is 0 Å². The van der Waals surface area contributed by atoms with Crippen molar-refractivity contribution in [3.8, 4) is 0 Å². The van der Waals surface area contributed by atoms with E-state index in [0.29, 0.717) is 5.92 Å². The molecule has 0 aromatic carbocycles. The lowest BCUT2D eigenvalue weighted by Crippen LogP contribution is -2.42. The first-order chi connectivity index (χ1) is 9.27. The molecule has 2 rings (SSSR count). The second-order valence-corrected chi connectivity index (χ2v) is 6.90. The second kappa shape index (κ2) is 7.74. The maximum absolute atomic E-state index is 6.06. The van der Waals surface area contributed by atoms with Crippen molar-refractivity contribution in [2.75, 3.05) is 6.61 Å². The molecule has 3 N–H and O–H groups in total. The number of hydrogen-bond donors (Lipinski definition) is 2. The van der Waals surface area contributed by atoms with Gasteiger partial charge < -0.3 is 4.74 Å². The lowest BCUT2D eigenvalue weighted by molar-refractivity contribution is -0.0177. The van der Waals surface area contributed by atoms with Gasteiger partial charge in [-0.3, -0.25) is 5.84 Å². The lowest BCUT2D eigenvalue weighted by atomic mass is 9.82. The number of hydrogen-bond acceptors (Lipinski definition) is 4. The Morgan fingerprint density at radius 2 is 2.21 bits per heavy atom. The van der Waals surface area contributed by atoms with Crippen molar-refractivity contribution in [3.63, 3.8) is 0 Å². The molecular weight excluding hydrogens is 324 g/mol. The van der Waals surface area contributed by atoms with E-state index in [9.17, 15) is 0 Å². The number of thiophene rings is 1. The minimum Gasteiger partial charge on any atom is -0.376 e. The molecule has 0 aliphatic heterocycles. The van der Waals surface area contributed by atoms with Crippen LogP contribution in [-0.4, -0.2) is 12.7 Å². The Morgan fingerprint density at radius 1 is 1.47 bits per heavy atom. The standard InChI is InChI=1S/C14H23BrN2OS/c1-2-18-13(10-6-4-3-5-7-10)12(17-16)14-11(15)8-9-19-14/h8-10,12-13,17H,2-7,16H2,1H3. The van der Waals surface area contributed by atoms with Gasteiger partial charge in [0.15, 0.2) is 0 Å². The topological polar surface area (TPSA) is 47.3 Å². The number of hydrazine groups is 1. The number of halogens is 1. The lowest BCUT2D eigenvalue weighted by Gasteiger charge is -2.35. The molecule has 5 heteroatoms. The summed E-state index contributed by atoms with van der Waals surface area (Å²) in [7, 11) is 0. The van der Waals surface area contributed by atoms with Crippen molar-refractivity contribution in [2.45, 2.75) is 51.2 Å². The number of nitrogens with one attached hydrogen (secondary N) is 1. The van der Waals surface area contributed by atoms with Gasteiger partial charge in [-0.15, -0.1) is 11.3 Å². The highest BCUT2D eigenvalue weighted by molar-refractivity contribution is 9.10. The van der Waals surface area contributed by atoms with Gasteiger partial charge in [-0.1, -0.05) is 19.3 Å². The first-order valence-corrected chi connectivity index (χ1v) is 8.75. The Hall–Kier alpha value is 0.0600. The van der Waals surface area contributed by atoms with E-state index >= 15 is 0 Å². The van der Waals surface area contributed by atoms with E-state index in [1.165, 1.54) is 37.0 Å². The van der Waals surface area contributed by atoms with E-state index < -0.39 is 0 Å². The molecular formula is C14H23BrN2OS. The van der Waals surface area contributed by atoms with Crippen molar-refractivity contribution >= 4 is 27.3 Å². The molecule has 0 spiro atoms. The molecule has 1 heterocycles. The van der Waals surface area contributed by atoms with Crippen LogP contribution in [0.1, 0.15) is 49.9 Å². The molecule has 1 saturated carbocycles. The van der Waals surface area contributed by atoms with Crippen molar-refractivity contribution in [2.24, 2.45) is 11.8 Å². The molecule has 0 radical (unpaired) electrons. The van der Waals surface area contributed by atoms with E-state index in [4.69, 9.17) is 10.6 Å². The van der Waals surface area contributed by atoms with Crippen LogP contribution in [-0.2, 0) is 4.74 Å². The van der Waals surface area contributed by atoms with Gasteiger partial charge in [-0.05, 0) is 53.1 Å². The van der Waals surface area contributed by atoms with Crippen LogP contribution in [0.2, 0.25) is 0 Å². The number of ether oxygens (including phenoxy) is 1. The largest absolute Gasteiger partial charge is 0.376 e. The van der Waals surface area contributed by atoms with Gasteiger partial charge in [0.2, 0.25) is 0 Å². The minimum atomic E-state index is 0.0809. The molecule has 0 bridgehead atoms. The third kappa shape index (κ3) is 3.79. The number of nitrogens with two attached hydrogens (primary N) is 1. The van der Waals surface area contributed by atoms with Gasteiger partial charge in [-0.25, -0.2) is 5.43 Å². The van der Waals surface area contributed by atoms with Crippen LogP contribution in [0.3, 0.4) is 0 Å². The highest BCUT2D eigenvalue weighted by Gasteiger charge is 2.33. The molecule has 1 aliphatic carbocycles. The Balaban J connectivity index is 2.17. The maximum atomic E-state index is 6.06. The highest BCUT2D eigenvalue weighted by Crippen LogP contribution is 2.38. The van der Waals surface area contributed by atoms with Crippen LogP contribution in [0.15, 0.2) is 15.9 Å². The Morgan fingerprint density at radius 3 is 2.74 bits per heavy atom. The number of rotatable bonds is 6. The average Bonchev–Trinajstić information content (AvgIpc) is 2.86. The molecule has 1 aromatic heterocycles. The predicted molar refractivity (Wildman–Crippen MR) is 84.1 cm³/mol. The van der Waals surface area contributed by atoms with Crippen LogP contribution in [0.25, 0.3) is 0 Å². The minimum absolute atomic E-state index is 0.0809. The Kier molecular flexibility index (Phi) is 6.29. The summed E-state index contributed by atoms with van der Waals surface area (Å²) in [5.74, 6) is 6.44. The monoisotopic (exact) mass is 346 g/mol. The van der Waals surface area contributed by atoms with Crippen LogP contribution in [0.4, 0.5) is 0 Å². The maximum Gasteiger partial charge on any atom is 0.0828 e. The molecule has 0 amide bonds. The van der Waals surface area contributed by atoms with Gasteiger partial charge in [-0.2, -0.15) is 0 Å². The van der Waals surface area contributed by atoms with Crippen molar-refractivity contribution in [1.29, 1.82) is 0 Å². The van der Waals surface area contributed by atoms with Crippen molar-refractivity contribution in [3.05, 3.63) is 20.8 Å². The third-order valence-corrected chi connectivity index (χ3v) is 5.86. The van der Waals surface area contributed by atoms with Gasteiger partial charge in [0.05, 0.1) is 12.1 Å². The van der Waals surface area contributed by atoms with Gasteiger partial charge >= 0.3 is 0 Å². The predicted octanol–water partition coefficient (Wildman–Crippen LogP) is 4.00. The first kappa shape index (κ1) is 15.4. The Labute approximate surface area is 128 Å². The van der Waals surface area contributed by atoms with Crippen LogP contribution in [0, 0.1) is 5.92 Å². The molecule has 1 aliphatic rings. The Bertz CT molecular complexity index is 379. The molecule has 3 nitrogen and oxygen atoms in total. The van der Waals surface area contributed by atoms with E-state index in [2.05, 4.69) is 39.7 Å². The molecule has 0 saturated heterocycles. The third-order valence-electron chi connectivity index (χ3n) is 3.91. The molecule has 1 fully saturated rings. The normalized spacial score (nSPS) is 20.4. The van der Waals surface area contributed by atoms with E-state index in [1.54, 1.807) is 11.3 Å². The summed E-state index contributed by atoms with van der Waals surface area (Å²) in [4.78, 5) is 1.24. The summed E-state index contributed by atoms with van der Waals surface area (Å²) in [5.41, 5.74) is 2.98. The fourth-order valence-corrected chi connectivity index (χ4v) is 4.72. The SMILES string of the molecule is CCOC(C1CCCCC1)C(NN)c1sccc1Br. The quantitative estimate of drug-likeness (QED) is 0.604. The fourth-order valence-electron chi connectivity index (χ4n) is 3.01. The zero-order valence-corrected chi connectivity index (χ0v) is 13.8. The summed E-state index contributed by atoms with van der Waals surface area (Å²) in [6, 6.07) is 2.16. The van der Waals surface area contributed by atoms with E-state index in [0.717, 1.165) is 11.1 Å². The molecule has 2 atom stereocenters. The van der Waals surface area contributed by atoms with Gasteiger partial charge in [0.25, 0.3) is 0 Å². The zero-order valence-electron chi connectivity index (χ0n) is 11.4. The van der Waals surface area contributed by atoms with Crippen LogP contribution < -0.4 is 11.3 Å². The van der Waals surface area contributed by atoms with Gasteiger partial charge in [0.1, 0.15) is 0 Å². The highest BCUT2D eigenvalue weighted by atomic mass is 79.9. The van der Waals surface area contributed by atoms with Crippen LogP contribution >= 0.6 is 27.3 Å². The van der Waals surface area contributed by atoms with Crippen molar-refractivity contribution < 1.29 is 4.74 Å². The summed E-state index contributed by atoms with van der Waals surface area (Å²) >= 11 is 5.34. The molecule has 19 heavy (non-hydrogen) atoms. The average molecular weight is 347 g/mol. The smallest absolute Gasteiger partial charge is 0.0828 e. The fraction of sp³-hybridized carbons (Fsp3) is 0.714.